The summed E-state index contributed by atoms with van der Waals surface area (Å²) in [6, 6.07) is 15.0. The second-order valence-corrected chi connectivity index (χ2v) is 21.6. The van der Waals surface area contributed by atoms with Crippen molar-refractivity contribution in [2.45, 2.75) is 47.5 Å². The topological polar surface area (TPSA) is 441 Å². The van der Waals surface area contributed by atoms with Gasteiger partial charge in [0.15, 0.2) is 0 Å². The highest BCUT2D eigenvalue weighted by Gasteiger charge is 2.43. The number of nitrogens with one attached hydrogen (secondary N) is 1. The lowest BCUT2D eigenvalue weighted by atomic mass is 10.2. The van der Waals surface area contributed by atoms with E-state index in [0.717, 1.165) is 28.5 Å². The molecule has 4 aromatic rings. The predicted molar refractivity (Wildman–Crippen MR) is 239 cm³/mol. The second-order valence-electron chi connectivity index (χ2n) is 14.3. The second kappa shape index (κ2) is 22.6. The molecular formula is C35H42N9O20P3S2. The van der Waals surface area contributed by atoms with Crippen LogP contribution in [0.25, 0.3) is 6.08 Å². The van der Waals surface area contributed by atoms with E-state index in [1.165, 1.54) is 42.6 Å². The van der Waals surface area contributed by atoms with E-state index in [-0.39, 0.29) is 58.6 Å². The number of hydrogen-bond acceptors (Lipinski definition) is 21. The molecule has 1 aromatic heterocycles. The summed E-state index contributed by atoms with van der Waals surface area (Å²) in [5.74, 6) is -0.475. The highest BCUT2D eigenvalue weighted by molar-refractivity contribution is 7.86. The Bertz CT molecular complexity index is 3050. The Morgan fingerprint density at radius 3 is 2.14 bits per heavy atom. The van der Waals surface area contributed by atoms with Crippen molar-refractivity contribution in [3.8, 4) is 0 Å². The molecule has 29 nitrogen and oxygen atoms in total. The minimum absolute atomic E-state index is 0.00939. The summed E-state index contributed by atoms with van der Waals surface area (Å²) in [7, 11) is -24.3. The van der Waals surface area contributed by atoms with Crippen molar-refractivity contribution in [2.75, 3.05) is 37.4 Å². The van der Waals surface area contributed by atoms with Crippen molar-refractivity contribution in [3.05, 3.63) is 95.1 Å². The number of nitrogen functional groups attached to an aromatic ring is 1. The number of aliphatic hydroxyl groups is 1. The number of aromatic nitrogens is 2. The maximum Gasteiger partial charge on any atom is 0.490 e. The lowest BCUT2D eigenvalue weighted by Crippen LogP contribution is -2.29. The maximum absolute atomic E-state index is 12.6. The number of benzene rings is 3. The van der Waals surface area contributed by atoms with Gasteiger partial charge in [0.2, 0.25) is 5.91 Å². The molecule has 2 heterocycles. The third-order valence-corrected chi connectivity index (χ3v) is 14.7. The molecule has 10 N–H and O–H groups in total. The standard InChI is InChI=1S/C35H42N9O20P3S2/c1-43(26-11-6-23(7-12-26)40-42-28-15-10-25(18-31(28)69(58,59)60)41-39-24-8-13-27(14-9-24)68(55,56)57)17-3-5-32(46)37-16-2-4-22-20-44(35(47)38-34(22)36)33-19-29(45)30(62-33)21-61-66(51,52)64-67(53,54)63-65(48,49)50/h2,4,6-15,18,20,29-30,33,45H,3,5,16-17,19,21H2,1H3,(H,37,46)(H,51,52)(H,53,54)(H2,36,38,47)(H2,48,49,50)(H,55,56,57)(H,58,59,60)/b4-2+,41-39?,42-40?/t29-,30+,33+/m0/s1. The summed E-state index contributed by atoms with van der Waals surface area (Å²) in [5.41, 5.74) is 6.29. The van der Waals surface area contributed by atoms with E-state index >= 15 is 0 Å². The molecule has 2 unspecified atom stereocenters. The number of aliphatic hydroxyl groups excluding tert-OH is 1. The normalized spacial score (nSPS) is 18.7. The number of nitrogens with zero attached hydrogens (tertiary/aromatic N) is 7. The molecule has 34 heteroatoms. The lowest BCUT2D eigenvalue weighted by molar-refractivity contribution is -0.120. The predicted octanol–water partition coefficient (Wildman–Crippen LogP) is 4.19. The zero-order valence-electron chi connectivity index (χ0n) is 35.4. The fourth-order valence-corrected chi connectivity index (χ4v) is 10.1. The molecule has 1 aliphatic heterocycles. The van der Waals surface area contributed by atoms with Crippen LogP contribution in [0, 0.1) is 0 Å². The van der Waals surface area contributed by atoms with Crippen molar-refractivity contribution in [1.29, 1.82) is 0 Å². The summed E-state index contributed by atoms with van der Waals surface area (Å²) >= 11 is 0. The molecule has 5 atom stereocenters. The van der Waals surface area contributed by atoms with Crippen LogP contribution in [-0.4, -0.2) is 105 Å². The monoisotopic (exact) mass is 1070 g/mol. The summed E-state index contributed by atoms with van der Waals surface area (Å²) in [4.78, 5) is 66.2. The smallest absolute Gasteiger partial charge is 0.390 e. The van der Waals surface area contributed by atoms with Crippen LogP contribution in [0.15, 0.2) is 114 Å². The molecule has 1 saturated heterocycles. The minimum Gasteiger partial charge on any atom is -0.390 e. The Kier molecular flexibility index (Phi) is 17.9. The zero-order valence-corrected chi connectivity index (χ0v) is 39.7. The number of amides is 1. The van der Waals surface area contributed by atoms with E-state index in [1.54, 1.807) is 31.3 Å². The van der Waals surface area contributed by atoms with E-state index in [1.807, 2.05) is 4.90 Å². The molecular weight excluding hydrogens is 1020 g/mol. The number of carbonyl (C=O) groups excluding carboxylic acids is 1. The van der Waals surface area contributed by atoms with Crippen molar-refractivity contribution in [1.82, 2.24) is 14.9 Å². The van der Waals surface area contributed by atoms with E-state index in [0.29, 0.717) is 18.7 Å². The highest BCUT2D eigenvalue weighted by Crippen LogP contribution is 2.66. The number of anilines is 2. The van der Waals surface area contributed by atoms with Crippen LogP contribution in [0.3, 0.4) is 0 Å². The van der Waals surface area contributed by atoms with Crippen LogP contribution in [0.2, 0.25) is 0 Å². The van der Waals surface area contributed by atoms with Gasteiger partial charge in [-0.3, -0.25) is 23.0 Å². The highest BCUT2D eigenvalue weighted by atomic mass is 32.2. The molecule has 3 aromatic carbocycles. The SMILES string of the molecule is CN(CCCC(=O)NC/C=C/c1cn([C@H]2C[C@H](O)[C@@H](COP(=O)(O)OP(=O)(O)OP(=O)(O)O)O2)c(=O)nc1N)c1ccc(N=Nc2ccc(N=Nc3ccc(S(=O)(=O)O)cc3)cc2S(=O)(=O)O)cc1. The minimum atomic E-state index is -5.78. The van der Waals surface area contributed by atoms with Gasteiger partial charge in [-0.1, -0.05) is 12.2 Å². The van der Waals surface area contributed by atoms with Crippen LogP contribution in [0.4, 0.5) is 34.3 Å². The Labute approximate surface area is 390 Å². The fraction of sp³-hybridized carbons (Fsp3) is 0.286. The van der Waals surface area contributed by atoms with Gasteiger partial charge in [-0.05, 0) is 73.2 Å². The number of rotatable bonds is 22. The summed E-state index contributed by atoms with van der Waals surface area (Å²) < 4.78 is 118. The Morgan fingerprint density at radius 1 is 0.913 bits per heavy atom. The van der Waals surface area contributed by atoms with E-state index in [9.17, 15) is 59.6 Å². The third-order valence-electron chi connectivity index (χ3n) is 9.16. The summed E-state index contributed by atoms with van der Waals surface area (Å²) in [6.07, 6.45) is 0.478. The van der Waals surface area contributed by atoms with Crippen LogP contribution >= 0.6 is 23.5 Å². The quantitative estimate of drug-likeness (QED) is 0.0303. The molecule has 0 spiro atoms. The van der Waals surface area contributed by atoms with Crippen LogP contribution < -0.4 is 21.6 Å². The number of carbonyl (C=O) groups is 1. The zero-order chi connectivity index (χ0) is 51.0. The first-order valence-electron chi connectivity index (χ1n) is 19.3. The molecule has 1 amide bonds. The molecule has 0 aliphatic carbocycles. The lowest BCUT2D eigenvalue weighted by Gasteiger charge is -2.19. The molecule has 0 radical (unpaired) electrons. The Balaban J connectivity index is 1.07. The van der Waals surface area contributed by atoms with Gasteiger partial charge in [-0.15, -0.1) is 5.11 Å². The fourth-order valence-electron chi connectivity index (χ4n) is 5.93. The first kappa shape index (κ1) is 54.6. The van der Waals surface area contributed by atoms with Gasteiger partial charge in [0.25, 0.3) is 20.2 Å². The van der Waals surface area contributed by atoms with Gasteiger partial charge in [0, 0.05) is 50.4 Å². The molecule has 0 saturated carbocycles. The van der Waals surface area contributed by atoms with Crippen molar-refractivity contribution < 1.29 is 87.0 Å². The molecule has 1 fully saturated rings. The van der Waals surface area contributed by atoms with Gasteiger partial charge in [-0.2, -0.15) is 45.8 Å². The number of phosphoric ester groups is 1. The number of hydrogen-bond donors (Lipinski definition) is 9. The van der Waals surface area contributed by atoms with E-state index in [2.05, 4.69) is 43.9 Å². The number of ether oxygens (including phenoxy) is 1. The first-order chi connectivity index (χ1) is 32.1. The van der Waals surface area contributed by atoms with Gasteiger partial charge >= 0.3 is 29.2 Å². The summed E-state index contributed by atoms with van der Waals surface area (Å²) in [5, 5.41) is 29.0. The van der Waals surface area contributed by atoms with Crippen LogP contribution in [-0.2, 0) is 56.6 Å². The maximum atomic E-state index is 12.6. The average molecular weight is 1070 g/mol. The number of phosphoric acid groups is 3. The van der Waals surface area contributed by atoms with Gasteiger partial charge < -0.3 is 45.4 Å². The van der Waals surface area contributed by atoms with Crippen molar-refractivity contribution >= 4 is 89.9 Å². The number of azo groups is 2. The Hall–Kier alpha value is -5.30. The van der Waals surface area contributed by atoms with Crippen LogP contribution in [0.5, 0.6) is 0 Å². The van der Waals surface area contributed by atoms with Crippen molar-refractivity contribution in [2.24, 2.45) is 20.5 Å². The molecule has 69 heavy (non-hydrogen) atoms. The largest absolute Gasteiger partial charge is 0.490 e. The van der Waals surface area contributed by atoms with Crippen LogP contribution in [0.1, 0.15) is 31.1 Å². The van der Waals surface area contributed by atoms with E-state index < -0.39 is 79.3 Å². The Morgan fingerprint density at radius 2 is 1.52 bits per heavy atom. The number of nitrogens with two attached hydrogens (primary N) is 1. The molecule has 5 rings (SSSR count). The molecule has 1 aliphatic rings. The summed E-state index contributed by atoms with van der Waals surface area (Å²) in [6.45, 7) is -0.453. The first-order valence-corrected chi connectivity index (χ1v) is 26.8. The average Bonchev–Trinajstić information content (AvgIpc) is 3.61. The molecule has 374 valence electrons. The van der Waals surface area contributed by atoms with Gasteiger partial charge in [0.1, 0.15) is 28.7 Å². The van der Waals surface area contributed by atoms with Gasteiger partial charge in [0.05, 0.1) is 34.7 Å². The molecule has 0 bridgehead atoms. The van der Waals surface area contributed by atoms with Crippen molar-refractivity contribution in [3.63, 3.8) is 0 Å². The third kappa shape index (κ3) is 17.0. The van der Waals surface area contributed by atoms with Gasteiger partial charge in [-0.25, -0.2) is 18.5 Å². The van der Waals surface area contributed by atoms with E-state index in [4.69, 9.17) is 24.8 Å².